The molecule has 5 rings (SSSR count). The number of carboxylic acid groups (broad SMARTS) is 1. The van der Waals surface area contributed by atoms with Crippen molar-refractivity contribution in [3.8, 4) is 34.5 Å². The van der Waals surface area contributed by atoms with Gasteiger partial charge in [0.2, 0.25) is 11.8 Å². The first-order chi connectivity index (χ1) is 24.6. The average Bonchev–Trinajstić information content (AvgIpc) is 3.71. The number of methoxy groups -OCH3 is 1. The first-order valence-electron chi connectivity index (χ1n) is 15.9. The number of esters is 1. The largest absolute Gasteiger partial charge is 0.493 e. The van der Waals surface area contributed by atoms with E-state index in [1.807, 2.05) is 30.3 Å². The summed E-state index contributed by atoms with van der Waals surface area (Å²) in [4.78, 5) is 28.9. The maximum atomic E-state index is 13.2. The van der Waals surface area contributed by atoms with Crippen molar-refractivity contribution in [2.75, 3.05) is 13.7 Å². The van der Waals surface area contributed by atoms with Crippen LogP contribution in [0.2, 0.25) is 0 Å². The predicted molar refractivity (Wildman–Crippen MR) is 183 cm³/mol. The van der Waals surface area contributed by atoms with Crippen LogP contribution in [0.1, 0.15) is 48.9 Å². The summed E-state index contributed by atoms with van der Waals surface area (Å²) in [7, 11) is 1.48. The van der Waals surface area contributed by atoms with Gasteiger partial charge in [-0.05, 0) is 81.8 Å². The summed E-state index contributed by atoms with van der Waals surface area (Å²) in [6.07, 6.45) is -2.30. The Morgan fingerprint density at radius 2 is 1.65 bits per heavy atom. The van der Waals surface area contributed by atoms with Crippen LogP contribution < -0.4 is 14.2 Å². The Bertz CT molecular complexity index is 2060. The quantitative estimate of drug-likeness (QED) is 0.0940. The Hall–Kier alpha value is -6.05. The Morgan fingerprint density at radius 1 is 0.942 bits per heavy atom. The second kappa shape index (κ2) is 15.5. The fourth-order valence-corrected chi connectivity index (χ4v) is 4.81. The van der Waals surface area contributed by atoms with Crippen LogP contribution in [-0.2, 0) is 33.7 Å². The van der Waals surface area contributed by atoms with Crippen LogP contribution in [-0.4, -0.2) is 45.5 Å². The highest BCUT2D eigenvalue weighted by molar-refractivity contribution is 5.91. The maximum absolute atomic E-state index is 13.2. The summed E-state index contributed by atoms with van der Waals surface area (Å²) in [5, 5.41) is 14.1. The third-order valence-electron chi connectivity index (χ3n) is 7.64. The fraction of sp³-hybridized carbons (Fsp3) is 0.263. The van der Waals surface area contributed by atoms with Gasteiger partial charge in [0.1, 0.15) is 31.3 Å². The molecule has 0 amide bonds. The summed E-state index contributed by atoms with van der Waals surface area (Å²) >= 11 is 0. The van der Waals surface area contributed by atoms with Crippen LogP contribution in [0.15, 0.2) is 89.5 Å². The molecule has 52 heavy (non-hydrogen) atoms. The average molecular weight is 720 g/mol. The van der Waals surface area contributed by atoms with Crippen LogP contribution >= 0.6 is 0 Å². The number of hydrogen-bond acceptors (Lipinski definition) is 9. The molecule has 0 unspecified atom stereocenters. The third kappa shape index (κ3) is 9.19. The molecule has 5 aromatic rings. The Labute approximate surface area is 297 Å². The highest BCUT2D eigenvalue weighted by Gasteiger charge is 2.30. The molecule has 0 aliphatic heterocycles. The zero-order valence-corrected chi connectivity index (χ0v) is 29.0. The molecule has 2 aromatic heterocycles. The summed E-state index contributed by atoms with van der Waals surface area (Å²) in [5.41, 5.74) is 0.775. The molecule has 0 radical (unpaired) electrons. The molecule has 272 valence electrons. The van der Waals surface area contributed by atoms with Crippen molar-refractivity contribution in [3.63, 3.8) is 0 Å². The molecule has 3 aromatic carbocycles. The van der Waals surface area contributed by atoms with Gasteiger partial charge in [-0.25, -0.2) is 14.5 Å². The molecule has 0 saturated carbocycles. The number of hydrogen-bond donors (Lipinski definition) is 1. The van der Waals surface area contributed by atoms with Crippen molar-refractivity contribution in [2.24, 2.45) is 5.41 Å². The Morgan fingerprint density at radius 3 is 2.29 bits per heavy atom. The smallest absolute Gasteiger partial charge is 0.416 e. The lowest BCUT2D eigenvalue weighted by atomic mass is 9.97. The van der Waals surface area contributed by atoms with Crippen LogP contribution in [0.25, 0.3) is 22.7 Å². The zero-order valence-electron chi connectivity index (χ0n) is 29.0. The Kier molecular flexibility index (Phi) is 11.1. The SMILES string of the molecule is COc1cc(COc2nn(-c3ccc(C(F)(F)F)cc3)cc2/C(=C/C(=O)O)COC(=O)C(C)(C)C)ccc1OCc1nc(-c2ccccc2)oc1C. The highest BCUT2D eigenvalue weighted by atomic mass is 19.4. The van der Waals surface area contributed by atoms with Crippen LogP contribution in [0, 0.1) is 12.3 Å². The minimum absolute atomic E-state index is 0.0400. The highest BCUT2D eigenvalue weighted by Crippen LogP contribution is 2.33. The van der Waals surface area contributed by atoms with Gasteiger partial charge in [-0.3, -0.25) is 4.79 Å². The number of alkyl halides is 3. The lowest BCUT2D eigenvalue weighted by molar-refractivity contribution is -0.151. The number of aromatic nitrogens is 3. The molecular weight excluding hydrogens is 683 g/mol. The summed E-state index contributed by atoms with van der Waals surface area (Å²) in [6.45, 7) is 6.33. The summed E-state index contributed by atoms with van der Waals surface area (Å²) < 4.78 is 69.8. The van der Waals surface area contributed by atoms with E-state index in [4.69, 9.17) is 23.4 Å². The van der Waals surface area contributed by atoms with E-state index < -0.39 is 35.7 Å². The van der Waals surface area contributed by atoms with Gasteiger partial charge in [0.05, 0.1) is 29.3 Å². The van der Waals surface area contributed by atoms with Crippen molar-refractivity contribution in [3.05, 3.63) is 113 Å². The van der Waals surface area contributed by atoms with E-state index in [-0.39, 0.29) is 35.9 Å². The number of halogens is 3. The van der Waals surface area contributed by atoms with Crippen molar-refractivity contribution in [2.45, 2.75) is 47.1 Å². The molecule has 0 bridgehead atoms. The Balaban J connectivity index is 1.39. The van der Waals surface area contributed by atoms with Gasteiger partial charge in [-0.15, -0.1) is 5.10 Å². The number of carbonyl (C=O) groups is 2. The number of aliphatic carboxylic acids is 1. The molecular formula is C38H36F3N3O8. The second-order valence-electron chi connectivity index (χ2n) is 12.6. The molecule has 0 aliphatic carbocycles. The van der Waals surface area contributed by atoms with Crippen LogP contribution in [0.3, 0.4) is 0 Å². The van der Waals surface area contributed by atoms with E-state index >= 15 is 0 Å². The minimum Gasteiger partial charge on any atom is -0.493 e. The van der Waals surface area contributed by atoms with Gasteiger partial charge in [0.25, 0.3) is 0 Å². The molecule has 0 aliphatic rings. The summed E-state index contributed by atoms with van der Waals surface area (Å²) in [5.74, 6) is -0.0622. The lowest BCUT2D eigenvalue weighted by Crippen LogP contribution is -2.23. The number of benzene rings is 3. The molecule has 0 atom stereocenters. The maximum Gasteiger partial charge on any atom is 0.416 e. The van der Waals surface area contributed by atoms with Crippen LogP contribution in [0.5, 0.6) is 17.4 Å². The molecule has 14 heteroatoms. The van der Waals surface area contributed by atoms with Crippen LogP contribution in [0.4, 0.5) is 13.2 Å². The number of rotatable bonds is 13. The fourth-order valence-electron chi connectivity index (χ4n) is 4.81. The van der Waals surface area contributed by atoms with Crippen molar-refractivity contribution in [1.82, 2.24) is 14.8 Å². The standard InChI is InChI=1S/C38H36F3N3O8/c1-23-30(42-34(52-23)25-9-7-6-8-10-25)22-49-31-16-11-24(17-32(31)48-5)20-50-35-29(26(18-33(45)46)21-51-36(47)37(2,3)4)19-44(43-35)28-14-12-27(13-15-28)38(39,40)41/h6-19H,20-22H2,1-5H3,(H,45,46)/b26-18+. The number of ether oxygens (including phenoxy) is 4. The molecule has 2 heterocycles. The second-order valence-corrected chi connectivity index (χ2v) is 12.6. The predicted octanol–water partition coefficient (Wildman–Crippen LogP) is 8.08. The summed E-state index contributed by atoms with van der Waals surface area (Å²) in [6, 6.07) is 18.8. The van der Waals surface area contributed by atoms with E-state index in [1.54, 1.807) is 45.9 Å². The van der Waals surface area contributed by atoms with Crippen molar-refractivity contribution >= 4 is 17.5 Å². The minimum atomic E-state index is -4.54. The normalized spacial score (nSPS) is 12.0. The van der Waals surface area contributed by atoms with E-state index in [2.05, 4.69) is 10.1 Å². The number of nitrogens with zero attached hydrogens (tertiary/aromatic N) is 3. The molecule has 0 spiro atoms. The van der Waals surface area contributed by atoms with Gasteiger partial charge >= 0.3 is 18.1 Å². The zero-order chi connectivity index (χ0) is 37.6. The van der Waals surface area contributed by atoms with Gasteiger partial charge < -0.3 is 28.5 Å². The third-order valence-corrected chi connectivity index (χ3v) is 7.64. The first-order valence-corrected chi connectivity index (χ1v) is 15.9. The van der Waals surface area contributed by atoms with Gasteiger partial charge in [-0.2, -0.15) is 13.2 Å². The van der Waals surface area contributed by atoms with Crippen molar-refractivity contribution < 1.29 is 51.2 Å². The number of carbonyl (C=O) groups excluding carboxylic acids is 1. The monoisotopic (exact) mass is 719 g/mol. The molecule has 11 nitrogen and oxygen atoms in total. The van der Waals surface area contributed by atoms with E-state index in [9.17, 15) is 27.9 Å². The molecule has 0 saturated heterocycles. The van der Waals surface area contributed by atoms with E-state index in [0.717, 1.165) is 23.8 Å². The van der Waals surface area contributed by atoms with E-state index in [1.165, 1.54) is 30.1 Å². The van der Waals surface area contributed by atoms with Gasteiger partial charge in [-0.1, -0.05) is 24.3 Å². The lowest BCUT2D eigenvalue weighted by Gasteiger charge is -2.17. The topological polar surface area (TPSA) is 135 Å². The number of carboxylic acids is 1. The molecule has 0 fully saturated rings. The first kappa shape index (κ1) is 37.2. The van der Waals surface area contributed by atoms with Gasteiger partial charge in [0.15, 0.2) is 11.5 Å². The number of aryl methyl sites for hydroxylation is 1. The van der Waals surface area contributed by atoms with Crippen molar-refractivity contribution in [1.29, 1.82) is 0 Å². The van der Waals surface area contributed by atoms with Gasteiger partial charge in [0, 0.05) is 23.4 Å². The number of oxazole rings is 1. The van der Waals surface area contributed by atoms with E-state index in [0.29, 0.717) is 34.4 Å². The molecule has 1 N–H and O–H groups in total.